The number of hydrogen-bond donors (Lipinski definition) is 0. The summed E-state index contributed by atoms with van der Waals surface area (Å²) in [5.41, 5.74) is 1.07. The monoisotopic (exact) mass is 356 g/mol. The molecule has 2 atom stereocenters. The minimum absolute atomic E-state index is 0.00740. The summed E-state index contributed by atoms with van der Waals surface area (Å²) in [5.74, 6) is 0.0109. The van der Waals surface area contributed by atoms with Gasteiger partial charge in [0, 0.05) is 51.1 Å². The second-order valence-electron chi connectivity index (χ2n) is 6.41. The number of rotatable bonds is 5. The number of hydrogen-bond acceptors (Lipinski definition) is 6. The Kier molecular flexibility index (Phi) is 4.93. The molecule has 0 bridgehead atoms. The van der Waals surface area contributed by atoms with Crippen LogP contribution in [0.4, 0.5) is 0 Å². The van der Waals surface area contributed by atoms with Crippen LogP contribution in [-0.4, -0.2) is 84.3 Å². The van der Waals surface area contributed by atoms with Crippen molar-refractivity contribution < 1.29 is 17.9 Å². The number of carbonyl (C=O) groups is 1. The van der Waals surface area contributed by atoms with Gasteiger partial charge >= 0.3 is 0 Å². The summed E-state index contributed by atoms with van der Waals surface area (Å²) in [6.45, 7) is 4.66. The standard InChI is InChI=1S/C15H24N4O4S/c1-3-18-8-12(6-16-18)7-17-4-5-19(15(20)9-23-2)14-11-24(21,22)10-13(14)17/h6,8,13-14H,3-5,7,9-11H2,1-2H3/t13-,14+/m0/s1. The Morgan fingerprint density at radius 1 is 1.33 bits per heavy atom. The molecular weight excluding hydrogens is 332 g/mol. The van der Waals surface area contributed by atoms with E-state index < -0.39 is 9.84 Å². The molecule has 9 heteroatoms. The van der Waals surface area contributed by atoms with Crippen molar-refractivity contribution in [3.8, 4) is 0 Å². The van der Waals surface area contributed by atoms with Gasteiger partial charge in [-0.25, -0.2) is 8.42 Å². The maximum Gasteiger partial charge on any atom is 0.248 e. The van der Waals surface area contributed by atoms with Crippen LogP contribution in [0, 0.1) is 0 Å². The first-order valence-corrected chi connectivity index (χ1v) is 10.00. The normalized spacial score (nSPS) is 26.5. The minimum Gasteiger partial charge on any atom is -0.375 e. The number of aromatic nitrogens is 2. The molecule has 2 aliphatic heterocycles. The van der Waals surface area contributed by atoms with E-state index in [-0.39, 0.29) is 36.1 Å². The van der Waals surface area contributed by atoms with Crippen molar-refractivity contribution in [2.24, 2.45) is 0 Å². The lowest BCUT2D eigenvalue weighted by Crippen LogP contribution is -2.60. The molecule has 0 aliphatic carbocycles. The first-order valence-electron chi connectivity index (χ1n) is 8.17. The van der Waals surface area contributed by atoms with Crippen LogP contribution < -0.4 is 0 Å². The number of nitrogens with zero attached hydrogens (tertiary/aromatic N) is 4. The van der Waals surface area contributed by atoms with E-state index in [4.69, 9.17) is 4.74 Å². The Morgan fingerprint density at radius 3 is 2.75 bits per heavy atom. The summed E-state index contributed by atoms with van der Waals surface area (Å²) in [6.07, 6.45) is 3.81. The Labute approximate surface area is 142 Å². The lowest BCUT2D eigenvalue weighted by Gasteiger charge is -2.43. The van der Waals surface area contributed by atoms with Crippen LogP contribution in [0.5, 0.6) is 0 Å². The highest BCUT2D eigenvalue weighted by Crippen LogP contribution is 2.28. The summed E-state index contributed by atoms with van der Waals surface area (Å²) in [4.78, 5) is 16.1. The minimum atomic E-state index is -3.13. The molecule has 0 aromatic carbocycles. The predicted octanol–water partition coefficient (Wildman–Crippen LogP) is -0.641. The summed E-state index contributed by atoms with van der Waals surface area (Å²) in [7, 11) is -1.66. The third-order valence-electron chi connectivity index (χ3n) is 4.78. The van der Waals surface area contributed by atoms with Gasteiger partial charge in [0.05, 0.1) is 23.7 Å². The fraction of sp³-hybridized carbons (Fsp3) is 0.733. The Balaban J connectivity index is 1.77. The summed E-state index contributed by atoms with van der Waals surface area (Å²) in [5, 5.41) is 4.27. The number of piperazine rings is 1. The van der Waals surface area contributed by atoms with Gasteiger partial charge in [0.15, 0.2) is 9.84 Å². The summed E-state index contributed by atoms with van der Waals surface area (Å²) in [6, 6.07) is -0.442. The summed E-state index contributed by atoms with van der Waals surface area (Å²) >= 11 is 0. The summed E-state index contributed by atoms with van der Waals surface area (Å²) < 4.78 is 31.1. The topological polar surface area (TPSA) is 84.7 Å². The van der Waals surface area contributed by atoms with Gasteiger partial charge in [0.25, 0.3) is 0 Å². The lowest BCUT2D eigenvalue weighted by atomic mass is 10.0. The molecule has 2 aliphatic rings. The molecule has 8 nitrogen and oxygen atoms in total. The zero-order chi connectivity index (χ0) is 17.3. The number of sulfone groups is 1. The van der Waals surface area contributed by atoms with E-state index in [9.17, 15) is 13.2 Å². The highest BCUT2D eigenvalue weighted by Gasteiger charge is 2.47. The smallest absolute Gasteiger partial charge is 0.248 e. The third kappa shape index (κ3) is 3.47. The van der Waals surface area contributed by atoms with Crippen molar-refractivity contribution in [1.29, 1.82) is 0 Å². The van der Waals surface area contributed by atoms with Crippen LogP contribution in [0.1, 0.15) is 12.5 Å². The van der Waals surface area contributed by atoms with E-state index in [2.05, 4.69) is 10.00 Å². The maximum absolute atomic E-state index is 12.2. The van der Waals surface area contributed by atoms with Crippen molar-refractivity contribution >= 4 is 15.7 Å². The van der Waals surface area contributed by atoms with E-state index in [1.165, 1.54) is 7.11 Å². The van der Waals surface area contributed by atoms with E-state index in [1.807, 2.05) is 24.0 Å². The van der Waals surface area contributed by atoms with Crippen molar-refractivity contribution in [3.63, 3.8) is 0 Å². The molecule has 0 spiro atoms. The third-order valence-corrected chi connectivity index (χ3v) is 6.47. The first kappa shape index (κ1) is 17.4. The molecule has 0 unspecified atom stereocenters. The number of fused-ring (bicyclic) bond motifs is 1. The second-order valence-corrected chi connectivity index (χ2v) is 8.56. The van der Waals surface area contributed by atoms with Gasteiger partial charge < -0.3 is 9.64 Å². The molecule has 2 fully saturated rings. The number of aryl methyl sites for hydroxylation is 1. The Bertz CT molecular complexity index is 702. The van der Waals surface area contributed by atoms with Crippen LogP contribution in [0.2, 0.25) is 0 Å². The van der Waals surface area contributed by atoms with Crippen molar-refractivity contribution in [2.45, 2.75) is 32.1 Å². The fourth-order valence-electron chi connectivity index (χ4n) is 3.63. The Hall–Kier alpha value is -1.45. The SMILES string of the molecule is CCn1cc(CN2CCN(C(=O)COC)[C@@H]3CS(=O)(=O)C[C@@H]32)cn1. The molecule has 1 aromatic rings. The zero-order valence-electron chi connectivity index (χ0n) is 14.1. The van der Waals surface area contributed by atoms with E-state index in [0.717, 1.165) is 12.1 Å². The van der Waals surface area contributed by atoms with Crippen LogP contribution >= 0.6 is 0 Å². The van der Waals surface area contributed by atoms with Crippen molar-refractivity contribution in [3.05, 3.63) is 18.0 Å². The molecule has 0 radical (unpaired) electrons. The van der Waals surface area contributed by atoms with Crippen molar-refractivity contribution in [2.75, 3.05) is 38.3 Å². The molecule has 3 heterocycles. The molecule has 3 rings (SSSR count). The van der Waals surface area contributed by atoms with Gasteiger partial charge in [-0.3, -0.25) is 14.4 Å². The highest BCUT2D eigenvalue weighted by molar-refractivity contribution is 7.91. The van der Waals surface area contributed by atoms with Gasteiger partial charge in [0.2, 0.25) is 5.91 Å². The largest absolute Gasteiger partial charge is 0.375 e. The fourth-order valence-corrected chi connectivity index (χ4v) is 5.64. The molecule has 0 N–H and O–H groups in total. The van der Waals surface area contributed by atoms with Gasteiger partial charge in [-0.05, 0) is 6.92 Å². The zero-order valence-corrected chi connectivity index (χ0v) is 14.9. The predicted molar refractivity (Wildman–Crippen MR) is 88.1 cm³/mol. The number of carbonyl (C=O) groups excluding carboxylic acids is 1. The Morgan fingerprint density at radius 2 is 2.08 bits per heavy atom. The van der Waals surface area contributed by atoms with Gasteiger partial charge in [-0.1, -0.05) is 0 Å². The molecular formula is C15H24N4O4S. The molecule has 24 heavy (non-hydrogen) atoms. The van der Waals surface area contributed by atoms with Crippen molar-refractivity contribution in [1.82, 2.24) is 19.6 Å². The van der Waals surface area contributed by atoms with E-state index in [0.29, 0.717) is 19.6 Å². The van der Waals surface area contributed by atoms with Crippen LogP contribution in [0.25, 0.3) is 0 Å². The quantitative estimate of drug-likeness (QED) is 0.698. The van der Waals surface area contributed by atoms with Gasteiger partial charge in [-0.2, -0.15) is 5.10 Å². The van der Waals surface area contributed by atoms with Gasteiger partial charge in [-0.15, -0.1) is 0 Å². The number of methoxy groups -OCH3 is 1. The van der Waals surface area contributed by atoms with E-state index >= 15 is 0 Å². The number of ether oxygens (including phenoxy) is 1. The van der Waals surface area contributed by atoms with Crippen LogP contribution in [-0.2, 0) is 32.5 Å². The van der Waals surface area contributed by atoms with Gasteiger partial charge in [0.1, 0.15) is 6.61 Å². The molecule has 134 valence electrons. The average Bonchev–Trinajstić information content (AvgIpc) is 3.10. The maximum atomic E-state index is 12.2. The van der Waals surface area contributed by atoms with E-state index in [1.54, 1.807) is 4.90 Å². The van der Waals surface area contributed by atoms with Crippen LogP contribution in [0.3, 0.4) is 0 Å². The highest BCUT2D eigenvalue weighted by atomic mass is 32.2. The average molecular weight is 356 g/mol. The molecule has 2 saturated heterocycles. The molecule has 1 amide bonds. The van der Waals surface area contributed by atoms with Crippen LogP contribution in [0.15, 0.2) is 12.4 Å². The molecule has 0 saturated carbocycles. The number of amides is 1. The lowest BCUT2D eigenvalue weighted by molar-refractivity contribution is -0.141. The first-order chi connectivity index (χ1) is 11.4. The molecule has 1 aromatic heterocycles. The second kappa shape index (κ2) is 6.81.